The third-order valence-electron chi connectivity index (χ3n) is 0.189. The van der Waals surface area contributed by atoms with Crippen molar-refractivity contribution in [3.05, 3.63) is 0 Å². The lowest BCUT2D eigenvalue weighted by molar-refractivity contribution is 1.10. The Morgan fingerprint density at radius 2 is 1.67 bits per heavy atom. The first-order valence-electron chi connectivity index (χ1n) is 1.85. The standard InChI is InChI=1S/C3H7Cl.ClH3Si/c1-2-3-4;1-2/h2-3H2,1H3;2H3. The highest BCUT2D eigenvalue weighted by Gasteiger charge is 1.59. The summed E-state index contributed by atoms with van der Waals surface area (Å²) in [5, 5.41) is 0. The number of halogens is 2. The highest BCUT2D eigenvalue weighted by molar-refractivity contribution is 6.80. The molecule has 0 aliphatic heterocycles. The quantitative estimate of drug-likeness (QED) is 0.295. The van der Waals surface area contributed by atoms with Gasteiger partial charge in [-0.15, -0.1) is 11.6 Å². The Morgan fingerprint density at radius 3 is 1.67 bits per heavy atom. The van der Waals surface area contributed by atoms with Crippen LogP contribution in [0.2, 0.25) is 0 Å². The number of rotatable bonds is 1. The van der Waals surface area contributed by atoms with Crippen LogP contribution in [-0.4, -0.2) is 15.4 Å². The monoisotopic (exact) mass is 144 g/mol. The molecule has 0 bridgehead atoms. The van der Waals surface area contributed by atoms with Crippen LogP contribution in [0.3, 0.4) is 0 Å². The first-order chi connectivity index (χ1) is 2.91. The summed E-state index contributed by atoms with van der Waals surface area (Å²) in [5.74, 6) is 0.792. The lowest BCUT2D eigenvalue weighted by Gasteiger charge is -1.65. The van der Waals surface area contributed by atoms with E-state index in [9.17, 15) is 0 Å². The predicted molar refractivity (Wildman–Crippen MR) is 36.8 cm³/mol. The van der Waals surface area contributed by atoms with Gasteiger partial charge in [-0.25, -0.2) is 0 Å². The Kier molecular flexibility index (Phi) is 28.2. The molecule has 0 unspecified atom stereocenters. The normalized spacial score (nSPS) is 6.50. The maximum absolute atomic E-state index is 5.19. The van der Waals surface area contributed by atoms with E-state index in [0.717, 1.165) is 21.9 Å². The van der Waals surface area contributed by atoms with Crippen LogP contribution in [0.1, 0.15) is 13.3 Å². The zero-order valence-corrected chi connectivity index (χ0v) is 7.68. The molecular weight excluding hydrogens is 135 g/mol. The zero-order valence-electron chi connectivity index (χ0n) is 4.17. The summed E-state index contributed by atoms with van der Waals surface area (Å²) in [6, 6.07) is 0. The minimum absolute atomic E-state index is 0.778. The average Bonchev–Trinajstić information content (AvgIpc) is 1.72. The van der Waals surface area contributed by atoms with Gasteiger partial charge in [0.15, 0.2) is 0 Å². The lowest BCUT2D eigenvalue weighted by atomic mass is 10.6. The molecule has 0 rings (SSSR count). The average molecular weight is 145 g/mol. The van der Waals surface area contributed by atoms with E-state index < -0.39 is 0 Å². The van der Waals surface area contributed by atoms with E-state index in [2.05, 4.69) is 0 Å². The largest absolute Gasteiger partial charge is 0.181 e. The fourth-order valence-corrected chi connectivity index (χ4v) is 0. The highest BCUT2D eigenvalue weighted by Crippen LogP contribution is 1.75. The Morgan fingerprint density at radius 1 is 1.50 bits per heavy atom. The Labute approximate surface area is 52.0 Å². The molecule has 0 heterocycles. The first-order valence-corrected chi connectivity index (χ1v) is 5.41. The van der Waals surface area contributed by atoms with Crippen molar-refractivity contribution in [1.29, 1.82) is 0 Å². The van der Waals surface area contributed by atoms with Crippen molar-refractivity contribution < 1.29 is 0 Å². The predicted octanol–water partition coefficient (Wildman–Crippen LogP) is 1.14. The summed E-state index contributed by atoms with van der Waals surface area (Å²) in [5.41, 5.74) is 0. The van der Waals surface area contributed by atoms with Gasteiger partial charge >= 0.3 is 0 Å². The van der Waals surface area contributed by atoms with Crippen LogP contribution in [-0.2, 0) is 0 Å². The van der Waals surface area contributed by atoms with Gasteiger partial charge in [-0.05, 0) is 6.42 Å². The molecule has 3 heteroatoms. The van der Waals surface area contributed by atoms with Crippen molar-refractivity contribution in [2.75, 3.05) is 5.88 Å². The van der Waals surface area contributed by atoms with E-state index in [1.165, 1.54) is 0 Å². The van der Waals surface area contributed by atoms with Crippen molar-refractivity contribution in [3.63, 3.8) is 0 Å². The SMILES string of the molecule is CCCCl.[SiH3]Cl. The van der Waals surface area contributed by atoms with E-state index in [0.29, 0.717) is 0 Å². The lowest BCUT2D eigenvalue weighted by Crippen LogP contribution is -1.55. The van der Waals surface area contributed by atoms with Crippen LogP contribution in [0.5, 0.6) is 0 Å². The summed E-state index contributed by atoms with van der Waals surface area (Å²) >= 11 is 9.96. The van der Waals surface area contributed by atoms with Crippen molar-refractivity contribution >= 4 is 32.2 Å². The molecule has 0 aromatic carbocycles. The van der Waals surface area contributed by atoms with Gasteiger partial charge in [0.2, 0.25) is 0 Å². The number of alkyl halides is 1. The topological polar surface area (TPSA) is 0 Å². The van der Waals surface area contributed by atoms with Gasteiger partial charge in [0.05, 0.1) is 0 Å². The number of hydrogen-bond acceptors (Lipinski definition) is 0. The van der Waals surface area contributed by atoms with Crippen molar-refractivity contribution in [3.8, 4) is 0 Å². The number of hydrogen-bond donors (Lipinski definition) is 0. The minimum atomic E-state index is 0.778. The van der Waals surface area contributed by atoms with Gasteiger partial charge in [0.25, 0.3) is 0 Å². The highest BCUT2D eigenvalue weighted by atomic mass is 35.6. The third kappa shape index (κ3) is 21.4. The molecule has 0 fully saturated rings. The maximum Gasteiger partial charge on any atom is 0.109 e. The second-order valence-corrected chi connectivity index (χ2v) is 1.07. The molecule has 0 aromatic heterocycles. The molecule has 0 amide bonds. The van der Waals surface area contributed by atoms with E-state index in [4.69, 9.17) is 22.7 Å². The molecule has 0 nitrogen and oxygen atoms in total. The maximum atomic E-state index is 5.19. The van der Waals surface area contributed by atoms with Crippen LogP contribution in [0.25, 0.3) is 0 Å². The van der Waals surface area contributed by atoms with Gasteiger partial charge in [0.1, 0.15) is 9.55 Å². The second kappa shape index (κ2) is 17.1. The molecule has 0 saturated carbocycles. The summed E-state index contributed by atoms with van der Waals surface area (Å²) in [6.45, 7) is 2.05. The van der Waals surface area contributed by atoms with Gasteiger partial charge in [-0.3, -0.25) is 0 Å². The molecule has 0 radical (unpaired) electrons. The first kappa shape index (κ1) is 9.93. The molecule has 0 atom stereocenters. The van der Waals surface area contributed by atoms with Crippen LogP contribution in [0.15, 0.2) is 0 Å². The Bertz CT molecular complexity index is 10.8. The molecular formula is C3H10Cl2Si. The zero-order chi connectivity index (χ0) is 5.41. The molecule has 0 aromatic rings. The molecule has 0 aliphatic carbocycles. The Hall–Kier alpha value is 0.797. The van der Waals surface area contributed by atoms with Crippen LogP contribution < -0.4 is 0 Å². The van der Waals surface area contributed by atoms with Gasteiger partial charge in [0, 0.05) is 5.88 Å². The Balaban J connectivity index is 0. The van der Waals surface area contributed by atoms with E-state index >= 15 is 0 Å². The summed E-state index contributed by atoms with van der Waals surface area (Å²) < 4.78 is 0. The third-order valence-corrected chi connectivity index (χ3v) is 0.567. The van der Waals surface area contributed by atoms with Gasteiger partial charge in [-0.1, -0.05) is 6.92 Å². The summed E-state index contributed by atoms with van der Waals surface area (Å²) in [4.78, 5) is 0. The van der Waals surface area contributed by atoms with Crippen molar-refractivity contribution in [2.45, 2.75) is 13.3 Å². The molecule has 0 saturated heterocycles. The van der Waals surface area contributed by atoms with Crippen molar-refractivity contribution in [2.24, 2.45) is 0 Å². The minimum Gasteiger partial charge on any atom is -0.181 e. The molecule has 0 spiro atoms. The van der Waals surface area contributed by atoms with E-state index in [-0.39, 0.29) is 0 Å². The molecule has 0 aliphatic rings. The molecule has 40 valence electrons. The van der Waals surface area contributed by atoms with Gasteiger partial charge < -0.3 is 0 Å². The molecule has 0 N–H and O–H groups in total. The van der Waals surface area contributed by atoms with E-state index in [1.54, 1.807) is 0 Å². The van der Waals surface area contributed by atoms with Crippen LogP contribution in [0.4, 0.5) is 0 Å². The van der Waals surface area contributed by atoms with Gasteiger partial charge in [-0.2, -0.15) is 11.1 Å². The van der Waals surface area contributed by atoms with E-state index in [1.807, 2.05) is 6.92 Å². The van der Waals surface area contributed by atoms with Crippen LogP contribution >= 0.6 is 22.7 Å². The fourth-order valence-electron chi connectivity index (χ4n) is 0. The summed E-state index contributed by atoms with van der Waals surface area (Å²) in [7, 11) is 0.778. The van der Waals surface area contributed by atoms with Crippen molar-refractivity contribution in [1.82, 2.24) is 0 Å². The molecule has 6 heavy (non-hydrogen) atoms. The smallest absolute Gasteiger partial charge is 0.109 e. The summed E-state index contributed by atoms with van der Waals surface area (Å²) in [6.07, 6.45) is 1.08. The van der Waals surface area contributed by atoms with Crippen LogP contribution in [0, 0.1) is 0 Å². The fraction of sp³-hybridized carbons (Fsp3) is 1.00. The second-order valence-electron chi connectivity index (χ2n) is 0.689.